The van der Waals surface area contributed by atoms with Gasteiger partial charge in [-0.05, 0) is 37.0 Å². The molecular weight excluding hydrogens is 586 g/mol. The van der Waals surface area contributed by atoms with Crippen LogP contribution in [0.4, 0.5) is 0 Å². The van der Waals surface area contributed by atoms with Crippen LogP contribution in [0.3, 0.4) is 0 Å². The van der Waals surface area contributed by atoms with E-state index in [2.05, 4.69) is 70.9 Å². The van der Waals surface area contributed by atoms with E-state index in [1.54, 1.807) is 12.2 Å². The zero-order chi connectivity index (χ0) is 33.0. The highest BCUT2D eigenvalue weighted by Crippen LogP contribution is 2.27. The molecule has 258 valence electrons. The van der Waals surface area contributed by atoms with E-state index in [1.165, 1.54) is 102 Å². The number of unbranched alkanes of at least 4 members (excludes halogenated alkanes) is 15. The van der Waals surface area contributed by atoms with Crippen molar-refractivity contribution in [3.63, 3.8) is 0 Å². The second-order valence-corrected chi connectivity index (χ2v) is 13.0. The van der Waals surface area contributed by atoms with Crippen molar-refractivity contribution in [2.75, 3.05) is 20.6 Å². The molecule has 0 aliphatic rings. The third kappa shape index (κ3) is 21.2. The van der Waals surface area contributed by atoms with Crippen molar-refractivity contribution in [2.45, 2.75) is 129 Å². The fraction of sp³-hybridized carbons (Fsp3) is 0.548. The predicted molar refractivity (Wildman–Crippen MR) is 197 cm³/mol. The van der Waals surface area contributed by atoms with E-state index in [9.17, 15) is 4.79 Å². The molecule has 2 aromatic carbocycles. The highest BCUT2D eigenvalue weighted by molar-refractivity contribution is 5.91. The number of carboxylic acid groups (broad SMARTS) is 1. The SMILES string of the molecule is C=CC(c1ccccc1)[N+](C)(C)CCCCCCCCCCCCCCCC.CCCCC=C(C=Cc1ccccc1)C(=O)O.[Cl-]. The average Bonchev–Trinajstić information content (AvgIpc) is 3.04. The van der Waals surface area contributed by atoms with E-state index in [0.717, 1.165) is 29.3 Å². The molecule has 2 rings (SSSR count). The number of quaternary nitrogens is 1. The number of carbonyl (C=O) groups is 1. The van der Waals surface area contributed by atoms with Crippen LogP contribution in [-0.2, 0) is 4.79 Å². The number of likely N-dealkylation sites (N-methyl/N-ethyl adjacent to an activating group) is 1. The third-order valence-electron chi connectivity index (χ3n) is 8.63. The van der Waals surface area contributed by atoms with E-state index >= 15 is 0 Å². The summed E-state index contributed by atoms with van der Waals surface area (Å²) < 4.78 is 1.01. The number of nitrogens with zero attached hydrogens (tertiary/aromatic N) is 1. The molecule has 0 radical (unpaired) electrons. The first-order valence-electron chi connectivity index (χ1n) is 18.0. The van der Waals surface area contributed by atoms with E-state index in [1.807, 2.05) is 36.4 Å². The molecule has 1 N–H and O–H groups in total. The maximum absolute atomic E-state index is 11.0. The summed E-state index contributed by atoms with van der Waals surface area (Å²) in [4.78, 5) is 11.0. The molecule has 0 bridgehead atoms. The molecule has 0 amide bonds. The van der Waals surface area contributed by atoms with Gasteiger partial charge in [-0.1, -0.05) is 183 Å². The second kappa shape index (κ2) is 28.6. The number of allylic oxidation sites excluding steroid dienone is 1. The van der Waals surface area contributed by atoms with Crippen molar-refractivity contribution < 1.29 is 26.8 Å². The second-order valence-electron chi connectivity index (χ2n) is 13.0. The Kier molecular flexibility index (Phi) is 27.0. The lowest BCUT2D eigenvalue weighted by Gasteiger charge is -2.37. The van der Waals surface area contributed by atoms with Gasteiger partial charge in [0.1, 0.15) is 6.04 Å². The van der Waals surface area contributed by atoms with E-state index in [0.29, 0.717) is 11.6 Å². The Labute approximate surface area is 289 Å². The van der Waals surface area contributed by atoms with Gasteiger partial charge in [0.15, 0.2) is 0 Å². The Hall–Kier alpha value is -2.62. The highest BCUT2D eigenvalue weighted by Gasteiger charge is 2.26. The standard InChI is InChI=1S/C27H48N.C15H18O2.ClH/c1-5-7-8-9-10-11-12-13-14-15-16-17-18-22-25-28(3,4)27(6-2)26-23-20-19-21-24-26;1-2-3-5-10-14(15(16)17)12-11-13-8-6-4-7-9-13;/h6,19-21,23-24,27H,2,5,7-18,22,25H2,1,3-4H3;4,6-12H,2-3,5H2,1H3,(H,16,17);1H/q+1;;/p-1. The molecule has 46 heavy (non-hydrogen) atoms. The van der Waals surface area contributed by atoms with Crippen LogP contribution in [0, 0.1) is 0 Å². The van der Waals surface area contributed by atoms with Gasteiger partial charge < -0.3 is 22.0 Å². The van der Waals surface area contributed by atoms with Crippen molar-refractivity contribution in [1.82, 2.24) is 0 Å². The molecule has 4 heteroatoms. The largest absolute Gasteiger partial charge is 1.00 e. The number of benzene rings is 2. The van der Waals surface area contributed by atoms with Gasteiger partial charge >= 0.3 is 5.97 Å². The van der Waals surface area contributed by atoms with Crippen LogP contribution in [0.1, 0.15) is 140 Å². The average molecular weight is 652 g/mol. The summed E-state index contributed by atoms with van der Waals surface area (Å²) in [7, 11) is 4.70. The van der Waals surface area contributed by atoms with Crippen molar-refractivity contribution in [3.8, 4) is 0 Å². The maximum Gasteiger partial charge on any atom is 0.335 e. The van der Waals surface area contributed by atoms with Gasteiger partial charge in [0.05, 0.1) is 26.2 Å². The van der Waals surface area contributed by atoms with Crippen molar-refractivity contribution in [3.05, 3.63) is 102 Å². The summed E-state index contributed by atoms with van der Waals surface area (Å²) in [6.45, 7) is 9.72. The van der Waals surface area contributed by atoms with Gasteiger partial charge in [-0.3, -0.25) is 0 Å². The molecule has 2 aromatic rings. The van der Waals surface area contributed by atoms with E-state index in [-0.39, 0.29) is 12.4 Å². The first-order valence-corrected chi connectivity index (χ1v) is 18.0. The maximum atomic E-state index is 11.0. The Morgan fingerprint density at radius 2 is 1.17 bits per heavy atom. The van der Waals surface area contributed by atoms with Gasteiger partial charge in [-0.15, -0.1) is 0 Å². The van der Waals surface area contributed by atoms with Crippen LogP contribution in [0.25, 0.3) is 6.08 Å². The van der Waals surface area contributed by atoms with Crippen molar-refractivity contribution in [1.29, 1.82) is 0 Å². The lowest BCUT2D eigenvalue weighted by molar-refractivity contribution is -0.914. The smallest absolute Gasteiger partial charge is 0.335 e. The normalized spacial score (nSPS) is 12.2. The van der Waals surface area contributed by atoms with Gasteiger partial charge in [-0.25, -0.2) is 4.79 Å². The molecule has 1 unspecified atom stereocenters. The molecule has 0 aliphatic heterocycles. The van der Waals surface area contributed by atoms with Gasteiger partial charge in [0.2, 0.25) is 0 Å². The van der Waals surface area contributed by atoms with Crippen LogP contribution in [-0.4, -0.2) is 36.2 Å². The van der Waals surface area contributed by atoms with Crippen LogP contribution in [0.5, 0.6) is 0 Å². The third-order valence-corrected chi connectivity index (χ3v) is 8.63. The lowest BCUT2D eigenvalue weighted by Crippen LogP contribution is -3.00. The molecule has 0 saturated carbocycles. The predicted octanol–water partition coefficient (Wildman–Crippen LogP) is 9.38. The number of aliphatic carboxylic acids is 1. The molecule has 1 atom stereocenters. The lowest BCUT2D eigenvalue weighted by atomic mass is 10.0. The molecule has 0 fully saturated rings. The van der Waals surface area contributed by atoms with E-state index < -0.39 is 5.97 Å². The zero-order valence-electron chi connectivity index (χ0n) is 29.8. The minimum Gasteiger partial charge on any atom is -1.00 e. The quantitative estimate of drug-likeness (QED) is 0.0404. The molecule has 0 spiro atoms. The first kappa shape index (κ1) is 43.4. The number of carboxylic acids is 1. The summed E-state index contributed by atoms with van der Waals surface area (Å²) in [6, 6.07) is 20.9. The van der Waals surface area contributed by atoms with Gasteiger partial charge in [0, 0.05) is 5.56 Å². The Bertz CT molecular complexity index is 1060. The molecule has 0 aliphatic carbocycles. The zero-order valence-corrected chi connectivity index (χ0v) is 30.5. The van der Waals surface area contributed by atoms with Crippen molar-refractivity contribution >= 4 is 12.0 Å². The van der Waals surface area contributed by atoms with Crippen LogP contribution in [0.2, 0.25) is 0 Å². The molecule has 0 aromatic heterocycles. The topological polar surface area (TPSA) is 37.3 Å². The fourth-order valence-electron chi connectivity index (χ4n) is 5.77. The molecule has 0 heterocycles. The number of rotatable bonds is 24. The highest BCUT2D eigenvalue weighted by atomic mass is 35.5. The Morgan fingerprint density at radius 3 is 1.63 bits per heavy atom. The van der Waals surface area contributed by atoms with Crippen LogP contribution < -0.4 is 12.4 Å². The molecular formula is C42H66ClNO2. The summed E-state index contributed by atoms with van der Waals surface area (Å²) in [5, 5.41) is 9.03. The minimum atomic E-state index is -0.867. The molecule has 3 nitrogen and oxygen atoms in total. The Balaban J connectivity index is 0.000000964. The first-order chi connectivity index (χ1) is 21.9. The fourth-order valence-corrected chi connectivity index (χ4v) is 5.77. The van der Waals surface area contributed by atoms with Crippen molar-refractivity contribution in [2.24, 2.45) is 0 Å². The van der Waals surface area contributed by atoms with Crippen LogP contribution in [0.15, 0.2) is 91.0 Å². The summed E-state index contributed by atoms with van der Waals surface area (Å²) >= 11 is 0. The van der Waals surface area contributed by atoms with Gasteiger partial charge in [0.25, 0.3) is 0 Å². The monoisotopic (exact) mass is 651 g/mol. The number of hydrogen-bond donors (Lipinski definition) is 1. The minimum absolute atomic E-state index is 0. The van der Waals surface area contributed by atoms with Crippen LogP contribution >= 0.6 is 0 Å². The van der Waals surface area contributed by atoms with E-state index in [4.69, 9.17) is 5.11 Å². The summed E-state index contributed by atoms with van der Waals surface area (Å²) in [6.07, 6.45) is 30.2. The number of halogens is 1. The molecule has 0 saturated heterocycles. The number of hydrogen-bond acceptors (Lipinski definition) is 1. The summed E-state index contributed by atoms with van der Waals surface area (Å²) in [5.41, 5.74) is 2.75. The van der Waals surface area contributed by atoms with Gasteiger partial charge in [-0.2, -0.15) is 0 Å². The summed E-state index contributed by atoms with van der Waals surface area (Å²) in [5.74, 6) is -0.867. The Morgan fingerprint density at radius 1 is 0.717 bits per heavy atom.